The van der Waals surface area contributed by atoms with Gasteiger partial charge in [-0.05, 0) is 25.3 Å². The van der Waals surface area contributed by atoms with Gasteiger partial charge in [-0.3, -0.25) is 9.67 Å². The van der Waals surface area contributed by atoms with E-state index in [-0.39, 0.29) is 17.9 Å². The van der Waals surface area contributed by atoms with E-state index in [4.69, 9.17) is 0 Å². The number of aromatic nitrogens is 3. The smallest absolute Gasteiger partial charge is 0.0983 e. The first kappa shape index (κ1) is 16.0. The molecule has 2 heterocycles. The summed E-state index contributed by atoms with van der Waals surface area (Å²) in [5.74, 6) is 0. The van der Waals surface area contributed by atoms with Crippen LogP contribution in [0.25, 0.3) is 11.3 Å². The number of nitrogens with zero attached hydrogens (tertiary/aromatic N) is 3. The van der Waals surface area contributed by atoms with E-state index < -0.39 is 0 Å². The van der Waals surface area contributed by atoms with E-state index in [0.717, 1.165) is 23.4 Å². The Labute approximate surface area is 129 Å². The highest BCUT2D eigenvalue weighted by molar-refractivity contribution is 7.99. The SMILES string of the molecule is CSC(CO)C(C)NCc1cn(C)nc1-c1cccnc1. The molecule has 2 rings (SSSR count). The third kappa shape index (κ3) is 4.06. The maximum absolute atomic E-state index is 9.34. The Hall–Kier alpha value is -1.37. The summed E-state index contributed by atoms with van der Waals surface area (Å²) in [6.45, 7) is 2.99. The minimum Gasteiger partial charge on any atom is -0.395 e. The molecule has 2 N–H and O–H groups in total. The van der Waals surface area contributed by atoms with Crippen molar-refractivity contribution in [2.45, 2.75) is 24.8 Å². The predicted octanol–water partition coefficient (Wildman–Crippen LogP) is 1.68. The van der Waals surface area contributed by atoms with Crippen molar-refractivity contribution in [1.29, 1.82) is 0 Å². The molecule has 2 atom stereocenters. The van der Waals surface area contributed by atoms with Crippen LogP contribution in [0.1, 0.15) is 12.5 Å². The number of hydrogen-bond donors (Lipinski definition) is 2. The first-order valence-corrected chi connectivity index (χ1v) is 8.24. The lowest BCUT2D eigenvalue weighted by molar-refractivity contribution is 0.276. The van der Waals surface area contributed by atoms with Gasteiger partial charge in [-0.2, -0.15) is 16.9 Å². The second-order valence-corrected chi connectivity index (χ2v) is 6.12. The summed E-state index contributed by atoms with van der Waals surface area (Å²) >= 11 is 1.68. The molecule has 0 aliphatic heterocycles. The molecule has 0 amide bonds. The Balaban J connectivity index is 2.11. The van der Waals surface area contributed by atoms with Crippen LogP contribution in [0.15, 0.2) is 30.7 Å². The number of pyridine rings is 1. The number of aliphatic hydroxyl groups excluding tert-OH is 1. The summed E-state index contributed by atoms with van der Waals surface area (Å²) in [7, 11) is 1.92. The maximum Gasteiger partial charge on any atom is 0.0983 e. The van der Waals surface area contributed by atoms with Gasteiger partial charge in [0, 0.05) is 54.6 Å². The third-order valence-electron chi connectivity index (χ3n) is 3.49. The summed E-state index contributed by atoms with van der Waals surface area (Å²) in [4.78, 5) is 4.16. The van der Waals surface area contributed by atoms with Gasteiger partial charge in [0.1, 0.15) is 0 Å². The first-order valence-electron chi connectivity index (χ1n) is 6.95. The molecule has 5 nitrogen and oxygen atoms in total. The van der Waals surface area contributed by atoms with Crippen LogP contribution >= 0.6 is 11.8 Å². The van der Waals surface area contributed by atoms with E-state index in [1.807, 2.05) is 42.5 Å². The molecule has 0 fully saturated rings. The normalized spacial score (nSPS) is 14.1. The highest BCUT2D eigenvalue weighted by atomic mass is 32.2. The molecule has 114 valence electrons. The molecular weight excluding hydrogens is 284 g/mol. The fourth-order valence-electron chi connectivity index (χ4n) is 2.25. The zero-order chi connectivity index (χ0) is 15.2. The van der Waals surface area contributed by atoms with Gasteiger partial charge >= 0.3 is 0 Å². The number of aliphatic hydroxyl groups is 1. The van der Waals surface area contributed by atoms with Crippen LogP contribution in [0.3, 0.4) is 0 Å². The van der Waals surface area contributed by atoms with Gasteiger partial charge in [-0.15, -0.1) is 0 Å². The molecule has 0 aromatic carbocycles. The number of nitrogens with one attached hydrogen (secondary N) is 1. The van der Waals surface area contributed by atoms with Crippen LogP contribution in [-0.4, -0.2) is 44.0 Å². The zero-order valence-electron chi connectivity index (χ0n) is 12.7. The summed E-state index contributed by atoms with van der Waals surface area (Å²) < 4.78 is 1.82. The molecule has 0 aliphatic carbocycles. The molecule has 2 unspecified atom stereocenters. The summed E-state index contributed by atoms with van der Waals surface area (Å²) in [5, 5.41) is 17.5. The average molecular weight is 306 g/mol. The van der Waals surface area contributed by atoms with Crippen LogP contribution < -0.4 is 5.32 Å². The second kappa shape index (κ2) is 7.59. The van der Waals surface area contributed by atoms with E-state index in [1.54, 1.807) is 18.0 Å². The molecule has 0 bridgehead atoms. The quantitative estimate of drug-likeness (QED) is 0.815. The molecule has 21 heavy (non-hydrogen) atoms. The standard InChI is InChI=1S/C15H22N4OS/c1-11(14(10-20)21-3)17-8-13-9-19(2)18-15(13)12-5-4-6-16-7-12/h4-7,9,11,14,17,20H,8,10H2,1-3H3. The molecule has 2 aromatic heterocycles. The molecule has 0 aliphatic rings. The van der Waals surface area contributed by atoms with Gasteiger partial charge < -0.3 is 10.4 Å². The van der Waals surface area contributed by atoms with Crippen molar-refractivity contribution in [2.75, 3.05) is 12.9 Å². The van der Waals surface area contributed by atoms with Crippen molar-refractivity contribution >= 4 is 11.8 Å². The highest BCUT2D eigenvalue weighted by Gasteiger charge is 2.16. The van der Waals surface area contributed by atoms with Crippen molar-refractivity contribution in [3.63, 3.8) is 0 Å². The Kier molecular flexibility index (Phi) is 5.78. The van der Waals surface area contributed by atoms with Gasteiger partial charge in [0.2, 0.25) is 0 Å². The summed E-state index contributed by atoms with van der Waals surface area (Å²) in [5.41, 5.74) is 3.11. The second-order valence-electron chi connectivity index (χ2n) is 5.04. The minimum atomic E-state index is 0.178. The van der Waals surface area contributed by atoms with Crippen molar-refractivity contribution < 1.29 is 5.11 Å². The Bertz CT molecular complexity index is 554. The largest absolute Gasteiger partial charge is 0.395 e. The highest BCUT2D eigenvalue weighted by Crippen LogP contribution is 2.21. The fourth-order valence-corrected chi connectivity index (χ4v) is 2.91. The lowest BCUT2D eigenvalue weighted by atomic mass is 10.1. The Morgan fingerprint density at radius 2 is 2.29 bits per heavy atom. The van der Waals surface area contributed by atoms with Gasteiger partial charge in [0.15, 0.2) is 0 Å². The van der Waals surface area contributed by atoms with Gasteiger partial charge in [-0.1, -0.05) is 0 Å². The van der Waals surface area contributed by atoms with E-state index in [9.17, 15) is 5.11 Å². The van der Waals surface area contributed by atoms with E-state index in [1.165, 1.54) is 0 Å². The molecule has 2 aromatic rings. The zero-order valence-corrected chi connectivity index (χ0v) is 13.5. The maximum atomic E-state index is 9.34. The molecular formula is C15H22N4OS. The Morgan fingerprint density at radius 3 is 2.90 bits per heavy atom. The number of thioether (sulfide) groups is 1. The topological polar surface area (TPSA) is 63.0 Å². The third-order valence-corrected chi connectivity index (χ3v) is 4.66. The molecule has 0 spiro atoms. The molecule has 6 heteroatoms. The van der Waals surface area contributed by atoms with Gasteiger partial charge in [0.25, 0.3) is 0 Å². The monoisotopic (exact) mass is 306 g/mol. The predicted molar refractivity (Wildman–Crippen MR) is 87.1 cm³/mol. The summed E-state index contributed by atoms with van der Waals surface area (Å²) in [6.07, 6.45) is 7.63. The molecule has 0 saturated carbocycles. The molecule has 0 radical (unpaired) electrons. The van der Waals surface area contributed by atoms with E-state index in [2.05, 4.69) is 22.3 Å². The number of aryl methyl sites for hydroxylation is 1. The average Bonchev–Trinajstić information content (AvgIpc) is 2.88. The van der Waals surface area contributed by atoms with Crippen LogP contribution in [0.4, 0.5) is 0 Å². The number of hydrogen-bond acceptors (Lipinski definition) is 5. The van der Waals surface area contributed by atoms with E-state index in [0.29, 0.717) is 0 Å². The van der Waals surface area contributed by atoms with Crippen LogP contribution in [-0.2, 0) is 13.6 Å². The van der Waals surface area contributed by atoms with E-state index >= 15 is 0 Å². The van der Waals surface area contributed by atoms with Crippen LogP contribution in [0.2, 0.25) is 0 Å². The Morgan fingerprint density at radius 1 is 1.48 bits per heavy atom. The van der Waals surface area contributed by atoms with Crippen molar-refractivity contribution in [1.82, 2.24) is 20.1 Å². The summed E-state index contributed by atoms with van der Waals surface area (Å²) in [6, 6.07) is 4.16. The van der Waals surface area contributed by atoms with Gasteiger partial charge in [-0.25, -0.2) is 0 Å². The van der Waals surface area contributed by atoms with Crippen molar-refractivity contribution in [3.8, 4) is 11.3 Å². The lowest BCUT2D eigenvalue weighted by Crippen LogP contribution is -2.37. The van der Waals surface area contributed by atoms with Crippen molar-refractivity contribution in [3.05, 3.63) is 36.3 Å². The fraction of sp³-hybridized carbons (Fsp3) is 0.467. The van der Waals surface area contributed by atoms with Crippen LogP contribution in [0.5, 0.6) is 0 Å². The lowest BCUT2D eigenvalue weighted by Gasteiger charge is -2.21. The van der Waals surface area contributed by atoms with Gasteiger partial charge in [0.05, 0.1) is 12.3 Å². The minimum absolute atomic E-state index is 0.178. The number of rotatable bonds is 7. The van der Waals surface area contributed by atoms with Crippen LogP contribution in [0, 0.1) is 0 Å². The van der Waals surface area contributed by atoms with Crippen molar-refractivity contribution in [2.24, 2.45) is 7.05 Å². The molecule has 0 saturated heterocycles. The first-order chi connectivity index (χ1) is 10.2.